The van der Waals surface area contributed by atoms with Crippen LogP contribution < -0.4 is 0 Å². The molecular formula is C10H4BrF2NO3. The minimum Gasteiger partial charge on any atom is -0.476 e. The molecule has 0 saturated carbocycles. The van der Waals surface area contributed by atoms with Crippen molar-refractivity contribution in [2.45, 2.75) is 0 Å². The number of hydrogen-bond acceptors (Lipinski definition) is 3. The second-order valence-corrected chi connectivity index (χ2v) is 4.04. The molecule has 17 heavy (non-hydrogen) atoms. The zero-order chi connectivity index (χ0) is 12.6. The van der Waals surface area contributed by atoms with E-state index >= 15 is 0 Å². The van der Waals surface area contributed by atoms with E-state index in [2.05, 4.69) is 25.6 Å². The largest absolute Gasteiger partial charge is 0.476 e. The number of carboxylic acids is 1. The Labute approximate surface area is 102 Å². The van der Waals surface area contributed by atoms with Gasteiger partial charge in [0.1, 0.15) is 11.6 Å². The predicted octanol–water partition coefficient (Wildman–Crippen LogP) is 3.08. The number of carbonyl (C=O) groups is 1. The smallest absolute Gasteiger partial charge is 0.358 e. The molecule has 4 nitrogen and oxygen atoms in total. The van der Waals surface area contributed by atoms with E-state index in [1.807, 2.05) is 0 Å². The topological polar surface area (TPSA) is 63.3 Å². The highest BCUT2D eigenvalue weighted by molar-refractivity contribution is 9.10. The van der Waals surface area contributed by atoms with Crippen LogP contribution in [0.5, 0.6) is 0 Å². The maximum atomic E-state index is 13.5. The molecule has 1 aromatic carbocycles. The van der Waals surface area contributed by atoms with E-state index in [9.17, 15) is 13.6 Å². The van der Waals surface area contributed by atoms with Crippen LogP contribution in [0.4, 0.5) is 8.78 Å². The van der Waals surface area contributed by atoms with Crippen molar-refractivity contribution >= 4 is 21.9 Å². The van der Waals surface area contributed by atoms with Crippen molar-refractivity contribution in [3.8, 4) is 11.3 Å². The number of aromatic nitrogens is 1. The average Bonchev–Trinajstić information content (AvgIpc) is 2.65. The molecule has 1 aromatic heterocycles. The minimum atomic E-state index is -1.34. The lowest BCUT2D eigenvalue weighted by Gasteiger charge is -2.01. The van der Waals surface area contributed by atoms with E-state index < -0.39 is 28.9 Å². The monoisotopic (exact) mass is 303 g/mol. The fourth-order valence-corrected chi connectivity index (χ4v) is 1.67. The van der Waals surface area contributed by atoms with Crippen LogP contribution >= 0.6 is 15.9 Å². The molecule has 0 unspecified atom stereocenters. The lowest BCUT2D eigenvalue weighted by Crippen LogP contribution is -1.94. The lowest BCUT2D eigenvalue weighted by atomic mass is 10.1. The van der Waals surface area contributed by atoms with Gasteiger partial charge in [-0.25, -0.2) is 13.6 Å². The lowest BCUT2D eigenvalue weighted by molar-refractivity contribution is 0.0686. The van der Waals surface area contributed by atoms with Gasteiger partial charge in [0.2, 0.25) is 0 Å². The Morgan fingerprint density at radius 3 is 2.35 bits per heavy atom. The number of halogens is 3. The summed E-state index contributed by atoms with van der Waals surface area (Å²) < 4.78 is 31.8. The third-order valence-electron chi connectivity index (χ3n) is 1.98. The Kier molecular flexibility index (Phi) is 2.93. The molecule has 0 saturated heterocycles. The first-order valence-corrected chi connectivity index (χ1v) is 5.13. The molecule has 0 aliphatic heterocycles. The maximum Gasteiger partial charge on any atom is 0.358 e. The van der Waals surface area contributed by atoms with Crippen LogP contribution in [0, 0.1) is 11.6 Å². The second kappa shape index (κ2) is 4.25. The third kappa shape index (κ3) is 2.19. The summed E-state index contributed by atoms with van der Waals surface area (Å²) in [4.78, 5) is 10.6. The summed E-state index contributed by atoms with van der Waals surface area (Å²) in [6, 6.07) is 3.04. The third-order valence-corrected chi connectivity index (χ3v) is 2.44. The van der Waals surface area contributed by atoms with Gasteiger partial charge >= 0.3 is 5.97 Å². The summed E-state index contributed by atoms with van der Waals surface area (Å²) in [6.45, 7) is 0. The Morgan fingerprint density at radius 2 is 1.88 bits per heavy atom. The van der Waals surface area contributed by atoms with E-state index in [1.54, 1.807) is 0 Å². The fraction of sp³-hybridized carbons (Fsp3) is 0. The van der Waals surface area contributed by atoms with Crippen LogP contribution in [-0.4, -0.2) is 16.2 Å². The number of aromatic carboxylic acids is 1. The van der Waals surface area contributed by atoms with E-state index in [0.29, 0.717) is 0 Å². The van der Waals surface area contributed by atoms with Crippen molar-refractivity contribution in [3.05, 3.63) is 40.0 Å². The van der Waals surface area contributed by atoms with Gasteiger partial charge in [-0.3, -0.25) is 0 Å². The average molecular weight is 304 g/mol. The molecule has 0 radical (unpaired) electrons. The molecule has 1 heterocycles. The summed E-state index contributed by atoms with van der Waals surface area (Å²) in [6.07, 6.45) is 0. The van der Waals surface area contributed by atoms with Gasteiger partial charge in [-0.15, -0.1) is 0 Å². The summed E-state index contributed by atoms with van der Waals surface area (Å²) in [5, 5.41) is 11.8. The van der Waals surface area contributed by atoms with Gasteiger partial charge in [-0.2, -0.15) is 0 Å². The van der Waals surface area contributed by atoms with Crippen LogP contribution in [-0.2, 0) is 0 Å². The number of nitrogens with zero attached hydrogens (tertiary/aromatic N) is 1. The Balaban J connectivity index is 2.56. The van der Waals surface area contributed by atoms with Crippen molar-refractivity contribution in [2.24, 2.45) is 0 Å². The van der Waals surface area contributed by atoms with Crippen molar-refractivity contribution in [1.82, 2.24) is 5.16 Å². The summed E-state index contributed by atoms with van der Waals surface area (Å²) >= 11 is 2.93. The van der Waals surface area contributed by atoms with Crippen molar-refractivity contribution in [1.29, 1.82) is 0 Å². The zero-order valence-corrected chi connectivity index (χ0v) is 9.66. The van der Waals surface area contributed by atoms with Gasteiger partial charge in [0.25, 0.3) is 0 Å². The molecule has 1 N–H and O–H groups in total. The van der Waals surface area contributed by atoms with Crippen LogP contribution in [0.2, 0.25) is 0 Å². The minimum absolute atomic E-state index is 0.231. The molecule has 0 atom stereocenters. The molecule has 7 heteroatoms. The fourth-order valence-electron chi connectivity index (χ4n) is 1.27. The Hall–Kier alpha value is -1.76. The molecule has 0 bridgehead atoms. The Bertz CT molecular complexity index is 574. The van der Waals surface area contributed by atoms with E-state index in [-0.39, 0.29) is 10.2 Å². The number of carboxylic acid groups (broad SMARTS) is 1. The van der Waals surface area contributed by atoms with Crippen LogP contribution in [0.25, 0.3) is 11.3 Å². The molecule has 88 valence electrons. The van der Waals surface area contributed by atoms with E-state index in [0.717, 1.165) is 18.2 Å². The molecule has 0 aliphatic carbocycles. The van der Waals surface area contributed by atoms with Crippen LogP contribution in [0.1, 0.15) is 10.5 Å². The van der Waals surface area contributed by atoms with Crippen molar-refractivity contribution in [2.75, 3.05) is 0 Å². The zero-order valence-electron chi connectivity index (χ0n) is 8.08. The number of hydrogen-bond donors (Lipinski definition) is 1. The van der Waals surface area contributed by atoms with Gasteiger partial charge in [0.05, 0.1) is 5.56 Å². The molecule has 0 amide bonds. The van der Waals surface area contributed by atoms with Gasteiger partial charge in [-0.1, -0.05) is 21.1 Å². The molecule has 2 rings (SSSR count). The number of benzene rings is 1. The quantitative estimate of drug-likeness (QED) is 0.926. The number of rotatable bonds is 2. The van der Waals surface area contributed by atoms with Gasteiger partial charge in [0, 0.05) is 10.5 Å². The first kappa shape index (κ1) is 11.7. The van der Waals surface area contributed by atoms with E-state index in [1.165, 1.54) is 0 Å². The SMILES string of the molecule is O=C(O)c1cc(-c2c(F)cc(Br)cc2F)on1. The first-order valence-electron chi connectivity index (χ1n) is 4.34. The van der Waals surface area contributed by atoms with Crippen molar-refractivity contribution < 1.29 is 23.2 Å². The molecular weight excluding hydrogens is 300 g/mol. The van der Waals surface area contributed by atoms with E-state index in [4.69, 9.17) is 5.11 Å². The first-order chi connectivity index (χ1) is 7.99. The molecule has 0 spiro atoms. The molecule has 0 aliphatic rings. The summed E-state index contributed by atoms with van der Waals surface area (Å²) in [5.41, 5.74) is -0.866. The van der Waals surface area contributed by atoms with Crippen molar-refractivity contribution in [3.63, 3.8) is 0 Å². The standard InChI is InChI=1S/C10H4BrF2NO3/c11-4-1-5(12)9(6(13)2-4)8-3-7(10(15)16)14-17-8/h1-3H,(H,15,16). The summed E-state index contributed by atoms with van der Waals surface area (Å²) in [5.74, 6) is -3.35. The predicted molar refractivity (Wildman–Crippen MR) is 56.5 cm³/mol. The Morgan fingerprint density at radius 1 is 1.29 bits per heavy atom. The maximum absolute atomic E-state index is 13.5. The summed E-state index contributed by atoms with van der Waals surface area (Å²) in [7, 11) is 0. The molecule has 2 aromatic rings. The highest BCUT2D eigenvalue weighted by Crippen LogP contribution is 2.29. The van der Waals surface area contributed by atoms with Crippen LogP contribution in [0.15, 0.2) is 27.2 Å². The van der Waals surface area contributed by atoms with Gasteiger partial charge in [0.15, 0.2) is 11.5 Å². The van der Waals surface area contributed by atoms with Gasteiger partial charge in [-0.05, 0) is 12.1 Å². The van der Waals surface area contributed by atoms with Gasteiger partial charge < -0.3 is 9.63 Å². The molecule has 0 fully saturated rings. The highest BCUT2D eigenvalue weighted by Gasteiger charge is 2.19. The normalized spacial score (nSPS) is 10.5. The second-order valence-electron chi connectivity index (χ2n) is 3.13. The highest BCUT2D eigenvalue weighted by atomic mass is 79.9. The van der Waals surface area contributed by atoms with Crippen LogP contribution in [0.3, 0.4) is 0 Å².